The second kappa shape index (κ2) is 5.27. The van der Waals surface area contributed by atoms with Gasteiger partial charge in [-0.3, -0.25) is 4.90 Å². The molecule has 3 nitrogen and oxygen atoms in total. The van der Waals surface area contributed by atoms with Crippen LogP contribution in [0.5, 0.6) is 0 Å². The lowest BCUT2D eigenvalue weighted by atomic mass is 10.0. The topological polar surface area (TPSA) is 38.5 Å². The summed E-state index contributed by atoms with van der Waals surface area (Å²) in [6, 6.07) is 5.23. The monoisotopic (exact) mass is 240 g/mol. The van der Waals surface area contributed by atoms with E-state index in [0.717, 1.165) is 19.6 Å². The highest BCUT2D eigenvalue weighted by Gasteiger charge is 2.29. The maximum atomic E-state index is 6.12. The van der Waals surface area contributed by atoms with Crippen LogP contribution < -0.4 is 5.73 Å². The van der Waals surface area contributed by atoms with Crippen molar-refractivity contribution in [3.63, 3.8) is 0 Å². The summed E-state index contributed by atoms with van der Waals surface area (Å²) in [6.45, 7) is 3.80. The van der Waals surface area contributed by atoms with Crippen molar-refractivity contribution >= 4 is 11.3 Å². The number of nitrogens with zero attached hydrogens (tertiary/aromatic N) is 1. The molecule has 2 rings (SSSR count). The molecule has 1 aliphatic heterocycles. The number of hydrogen-bond donors (Lipinski definition) is 1. The zero-order chi connectivity index (χ0) is 11.5. The third kappa shape index (κ3) is 2.46. The minimum Gasteiger partial charge on any atom is -0.380 e. The summed E-state index contributed by atoms with van der Waals surface area (Å²) in [4.78, 5) is 3.73. The van der Waals surface area contributed by atoms with Crippen LogP contribution in [0.15, 0.2) is 17.5 Å². The fourth-order valence-electron chi connectivity index (χ4n) is 2.36. The Morgan fingerprint density at radius 3 is 2.94 bits per heavy atom. The zero-order valence-corrected chi connectivity index (χ0v) is 10.7. The summed E-state index contributed by atoms with van der Waals surface area (Å²) in [6.07, 6.45) is 1.12. The zero-order valence-electron chi connectivity index (χ0n) is 9.93. The molecule has 3 atom stereocenters. The van der Waals surface area contributed by atoms with Crippen LogP contribution in [0.4, 0.5) is 0 Å². The first-order valence-electron chi connectivity index (χ1n) is 5.79. The second-order valence-electron chi connectivity index (χ2n) is 4.50. The van der Waals surface area contributed by atoms with E-state index in [4.69, 9.17) is 10.5 Å². The van der Waals surface area contributed by atoms with Crippen LogP contribution in [0.1, 0.15) is 24.3 Å². The van der Waals surface area contributed by atoms with Gasteiger partial charge in [-0.25, -0.2) is 0 Å². The van der Waals surface area contributed by atoms with Gasteiger partial charge in [-0.15, -0.1) is 11.3 Å². The molecule has 2 heterocycles. The number of thiophene rings is 1. The molecule has 1 aromatic heterocycles. The number of nitrogens with two attached hydrogens (primary N) is 1. The molecular weight excluding hydrogens is 220 g/mol. The van der Waals surface area contributed by atoms with E-state index in [9.17, 15) is 0 Å². The fraction of sp³-hybridized carbons (Fsp3) is 0.667. The van der Waals surface area contributed by atoms with Crippen molar-refractivity contribution in [3.05, 3.63) is 22.4 Å². The van der Waals surface area contributed by atoms with Crippen molar-refractivity contribution in [2.75, 3.05) is 20.3 Å². The van der Waals surface area contributed by atoms with E-state index in [0.29, 0.717) is 12.1 Å². The summed E-state index contributed by atoms with van der Waals surface area (Å²) in [5.74, 6) is 0. The van der Waals surface area contributed by atoms with Gasteiger partial charge in [0.25, 0.3) is 0 Å². The van der Waals surface area contributed by atoms with E-state index in [1.807, 2.05) is 0 Å². The molecular formula is C12H20N2OS. The lowest BCUT2D eigenvalue weighted by Crippen LogP contribution is -2.42. The lowest BCUT2D eigenvalue weighted by Gasteiger charge is -2.34. The Hall–Kier alpha value is -0.420. The molecule has 90 valence electrons. The normalized spacial score (nSPS) is 24.9. The van der Waals surface area contributed by atoms with Gasteiger partial charge in [0, 0.05) is 23.6 Å². The molecule has 2 N–H and O–H groups in total. The van der Waals surface area contributed by atoms with Gasteiger partial charge in [0.1, 0.15) is 0 Å². The Morgan fingerprint density at radius 2 is 2.44 bits per heavy atom. The minimum atomic E-state index is 0.143. The predicted molar refractivity (Wildman–Crippen MR) is 67.7 cm³/mol. The van der Waals surface area contributed by atoms with Gasteiger partial charge in [0.2, 0.25) is 0 Å². The fourth-order valence-corrected chi connectivity index (χ4v) is 3.35. The van der Waals surface area contributed by atoms with E-state index < -0.39 is 0 Å². The van der Waals surface area contributed by atoms with Crippen molar-refractivity contribution < 1.29 is 4.74 Å². The van der Waals surface area contributed by atoms with Crippen LogP contribution in [-0.2, 0) is 4.74 Å². The highest BCUT2D eigenvalue weighted by atomic mass is 32.1. The average molecular weight is 240 g/mol. The first-order valence-corrected chi connectivity index (χ1v) is 6.66. The third-order valence-corrected chi connectivity index (χ3v) is 4.20. The van der Waals surface area contributed by atoms with Gasteiger partial charge in [-0.05, 0) is 31.8 Å². The smallest absolute Gasteiger partial charge is 0.0622 e. The number of hydrogen-bond acceptors (Lipinski definition) is 4. The van der Waals surface area contributed by atoms with Crippen LogP contribution in [-0.4, -0.2) is 37.2 Å². The van der Waals surface area contributed by atoms with Crippen LogP contribution >= 0.6 is 11.3 Å². The van der Waals surface area contributed by atoms with Gasteiger partial charge in [0.05, 0.1) is 12.6 Å². The molecule has 0 amide bonds. The Labute approximate surface area is 101 Å². The molecule has 3 unspecified atom stereocenters. The molecule has 4 heteroatoms. The Bertz CT molecular complexity index is 307. The number of rotatable bonds is 4. The molecule has 0 spiro atoms. The maximum Gasteiger partial charge on any atom is 0.0622 e. The van der Waals surface area contributed by atoms with Crippen molar-refractivity contribution in [3.8, 4) is 0 Å². The largest absolute Gasteiger partial charge is 0.380 e. The maximum absolute atomic E-state index is 6.12. The molecule has 1 aromatic rings. The molecule has 0 aromatic carbocycles. The van der Waals surface area contributed by atoms with E-state index >= 15 is 0 Å². The summed E-state index contributed by atoms with van der Waals surface area (Å²) in [5, 5.41) is 2.11. The van der Waals surface area contributed by atoms with Crippen LogP contribution in [0.2, 0.25) is 0 Å². The molecule has 0 bridgehead atoms. The molecule has 1 aliphatic rings. The molecule has 1 fully saturated rings. The SMILES string of the molecule is CC(N)C(c1cccs1)N(C)C1CCOC1. The third-order valence-electron chi connectivity index (χ3n) is 3.25. The summed E-state index contributed by atoms with van der Waals surface area (Å²) in [5.41, 5.74) is 6.12. The van der Waals surface area contributed by atoms with Crippen molar-refractivity contribution in [1.82, 2.24) is 4.90 Å². The van der Waals surface area contributed by atoms with Crippen molar-refractivity contribution in [1.29, 1.82) is 0 Å². The predicted octanol–water partition coefficient (Wildman–Crippen LogP) is 1.86. The van der Waals surface area contributed by atoms with Crippen LogP contribution in [0, 0.1) is 0 Å². The highest BCUT2D eigenvalue weighted by molar-refractivity contribution is 7.10. The van der Waals surface area contributed by atoms with Gasteiger partial charge < -0.3 is 10.5 Å². The van der Waals surface area contributed by atoms with E-state index in [-0.39, 0.29) is 6.04 Å². The van der Waals surface area contributed by atoms with E-state index in [1.165, 1.54) is 4.88 Å². The van der Waals surface area contributed by atoms with Crippen LogP contribution in [0.3, 0.4) is 0 Å². The molecule has 16 heavy (non-hydrogen) atoms. The molecule has 0 saturated carbocycles. The molecule has 0 radical (unpaired) electrons. The lowest BCUT2D eigenvalue weighted by molar-refractivity contribution is 0.124. The summed E-state index contributed by atoms with van der Waals surface area (Å²) < 4.78 is 5.45. The molecule has 1 saturated heterocycles. The van der Waals surface area contributed by atoms with Gasteiger partial charge in [0.15, 0.2) is 0 Å². The van der Waals surface area contributed by atoms with Gasteiger partial charge in [-0.1, -0.05) is 6.07 Å². The quantitative estimate of drug-likeness (QED) is 0.873. The summed E-state index contributed by atoms with van der Waals surface area (Å²) >= 11 is 1.78. The van der Waals surface area contributed by atoms with Crippen molar-refractivity contribution in [2.24, 2.45) is 5.73 Å². The first kappa shape index (κ1) is 12.0. The van der Waals surface area contributed by atoms with Gasteiger partial charge in [-0.2, -0.15) is 0 Å². The Morgan fingerprint density at radius 1 is 1.62 bits per heavy atom. The van der Waals surface area contributed by atoms with Crippen LogP contribution in [0.25, 0.3) is 0 Å². The Balaban J connectivity index is 2.12. The van der Waals surface area contributed by atoms with Crippen molar-refractivity contribution in [2.45, 2.75) is 31.5 Å². The summed E-state index contributed by atoms with van der Waals surface area (Å²) in [7, 11) is 2.16. The average Bonchev–Trinajstić information content (AvgIpc) is 2.89. The highest BCUT2D eigenvalue weighted by Crippen LogP contribution is 2.29. The Kier molecular flexibility index (Phi) is 3.97. The number of likely N-dealkylation sites (N-methyl/N-ethyl adjacent to an activating group) is 1. The first-order chi connectivity index (χ1) is 7.70. The minimum absolute atomic E-state index is 0.143. The van der Waals surface area contributed by atoms with E-state index in [1.54, 1.807) is 11.3 Å². The second-order valence-corrected chi connectivity index (χ2v) is 5.48. The number of ether oxygens (including phenoxy) is 1. The standard InChI is InChI=1S/C12H20N2OS/c1-9(13)12(11-4-3-7-16-11)14(2)10-5-6-15-8-10/h3-4,7,9-10,12H,5-6,8,13H2,1-2H3. The molecule has 0 aliphatic carbocycles. The van der Waals surface area contributed by atoms with E-state index in [2.05, 4.69) is 36.4 Å². The van der Waals surface area contributed by atoms with Gasteiger partial charge >= 0.3 is 0 Å².